The zero-order valence-corrected chi connectivity index (χ0v) is 11.8. The van der Waals surface area contributed by atoms with E-state index in [0.29, 0.717) is 12.2 Å². The van der Waals surface area contributed by atoms with Crippen molar-refractivity contribution < 1.29 is 9.53 Å². The smallest absolute Gasteiger partial charge is 0.311 e. The van der Waals surface area contributed by atoms with Crippen molar-refractivity contribution in [2.75, 3.05) is 0 Å². The van der Waals surface area contributed by atoms with Crippen molar-refractivity contribution in [1.29, 1.82) is 0 Å². The molecule has 0 bridgehead atoms. The van der Waals surface area contributed by atoms with Gasteiger partial charge in [-0.15, -0.1) is 0 Å². The highest BCUT2D eigenvalue weighted by atomic mass is 16.5. The fourth-order valence-electron chi connectivity index (χ4n) is 2.00. The number of benzene rings is 1. The number of hydrogen-bond donors (Lipinski definition) is 0. The molecule has 105 valence electrons. The predicted molar refractivity (Wildman–Crippen MR) is 79.0 cm³/mol. The Morgan fingerprint density at radius 2 is 1.47 bits per heavy atom. The molecule has 0 aliphatic rings. The minimum Gasteiger partial charge on any atom is -0.427 e. The van der Waals surface area contributed by atoms with Crippen molar-refractivity contribution in [2.45, 2.75) is 57.8 Å². The largest absolute Gasteiger partial charge is 0.427 e. The van der Waals surface area contributed by atoms with Gasteiger partial charge in [-0.1, -0.05) is 70.1 Å². The maximum atomic E-state index is 11.6. The van der Waals surface area contributed by atoms with Crippen molar-refractivity contribution in [3.8, 4) is 5.75 Å². The van der Waals surface area contributed by atoms with Crippen LogP contribution < -0.4 is 4.74 Å². The van der Waals surface area contributed by atoms with E-state index in [0.717, 1.165) is 19.3 Å². The molecule has 2 heteroatoms. The lowest BCUT2D eigenvalue weighted by Crippen LogP contribution is -2.07. The van der Waals surface area contributed by atoms with Gasteiger partial charge in [0.2, 0.25) is 0 Å². The van der Waals surface area contributed by atoms with Crippen LogP contribution in [0.3, 0.4) is 0 Å². The molecule has 2 nitrogen and oxygen atoms in total. The SMILES string of the molecule is [CH2]CCCCCCCCCC(=O)Oc1ccccc1. The van der Waals surface area contributed by atoms with Crippen molar-refractivity contribution >= 4 is 5.97 Å². The number of ether oxygens (including phenoxy) is 1. The molecule has 0 unspecified atom stereocenters. The van der Waals surface area contributed by atoms with Crippen molar-refractivity contribution in [3.05, 3.63) is 37.3 Å². The summed E-state index contributed by atoms with van der Waals surface area (Å²) in [5.74, 6) is 0.518. The number of carbonyl (C=O) groups excluding carboxylic acids is 1. The van der Waals surface area contributed by atoms with Crippen molar-refractivity contribution in [1.82, 2.24) is 0 Å². The first-order chi connectivity index (χ1) is 9.33. The Morgan fingerprint density at radius 1 is 0.895 bits per heavy atom. The van der Waals surface area contributed by atoms with Gasteiger partial charge in [-0.05, 0) is 18.6 Å². The molecule has 0 amide bonds. The topological polar surface area (TPSA) is 26.3 Å². The molecule has 0 N–H and O–H groups in total. The summed E-state index contributed by atoms with van der Waals surface area (Å²) in [6, 6.07) is 9.26. The Kier molecular flexibility index (Phi) is 8.78. The van der Waals surface area contributed by atoms with Gasteiger partial charge in [0.05, 0.1) is 0 Å². The van der Waals surface area contributed by atoms with E-state index in [1.165, 1.54) is 32.1 Å². The first-order valence-electron chi connectivity index (χ1n) is 7.38. The molecule has 0 aliphatic heterocycles. The third kappa shape index (κ3) is 8.41. The van der Waals surface area contributed by atoms with E-state index < -0.39 is 0 Å². The second-order valence-corrected chi connectivity index (χ2v) is 4.87. The molecule has 0 aliphatic carbocycles. The summed E-state index contributed by atoms with van der Waals surface area (Å²) in [5, 5.41) is 0. The number of para-hydroxylation sites is 1. The van der Waals surface area contributed by atoms with Crippen LogP contribution in [-0.4, -0.2) is 5.97 Å². The van der Waals surface area contributed by atoms with Crippen LogP contribution in [-0.2, 0) is 4.79 Å². The van der Waals surface area contributed by atoms with Gasteiger partial charge in [-0.3, -0.25) is 4.79 Å². The molecular weight excluding hydrogens is 236 g/mol. The van der Waals surface area contributed by atoms with Crippen LogP contribution in [0.25, 0.3) is 0 Å². The van der Waals surface area contributed by atoms with E-state index in [1.54, 1.807) is 12.1 Å². The van der Waals surface area contributed by atoms with Crippen LogP contribution in [0.5, 0.6) is 5.75 Å². The monoisotopic (exact) mass is 261 g/mol. The second kappa shape index (κ2) is 10.6. The fraction of sp³-hybridized carbons (Fsp3) is 0.529. The van der Waals surface area contributed by atoms with Crippen molar-refractivity contribution in [3.63, 3.8) is 0 Å². The second-order valence-electron chi connectivity index (χ2n) is 4.87. The first kappa shape index (κ1) is 15.7. The van der Waals surface area contributed by atoms with Gasteiger partial charge in [-0.25, -0.2) is 0 Å². The van der Waals surface area contributed by atoms with Crippen LogP contribution in [0, 0.1) is 6.92 Å². The summed E-state index contributed by atoms with van der Waals surface area (Å²) >= 11 is 0. The quantitative estimate of drug-likeness (QED) is 0.339. The molecule has 19 heavy (non-hydrogen) atoms. The lowest BCUT2D eigenvalue weighted by atomic mass is 10.1. The molecule has 0 fully saturated rings. The minimum atomic E-state index is -0.122. The number of carbonyl (C=O) groups is 1. The van der Waals surface area contributed by atoms with Crippen LogP contribution in [0.1, 0.15) is 57.8 Å². The Balaban J connectivity index is 1.96. The normalized spacial score (nSPS) is 10.4. The number of hydrogen-bond acceptors (Lipinski definition) is 2. The summed E-state index contributed by atoms with van der Waals surface area (Å²) in [7, 11) is 0. The molecule has 0 saturated heterocycles. The highest BCUT2D eigenvalue weighted by Gasteiger charge is 2.03. The van der Waals surface area contributed by atoms with Crippen LogP contribution in [0.2, 0.25) is 0 Å². The van der Waals surface area contributed by atoms with Gasteiger partial charge in [0.25, 0.3) is 0 Å². The van der Waals surface area contributed by atoms with E-state index in [2.05, 4.69) is 6.92 Å². The molecule has 0 atom stereocenters. The molecule has 0 aromatic heterocycles. The third-order valence-corrected chi connectivity index (χ3v) is 3.11. The molecule has 0 spiro atoms. The van der Waals surface area contributed by atoms with Gasteiger partial charge in [-0.2, -0.15) is 0 Å². The minimum absolute atomic E-state index is 0.122. The molecule has 0 saturated carbocycles. The molecular formula is C17H25O2. The molecule has 1 radical (unpaired) electrons. The maximum absolute atomic E-state index is 11.6. The lowest BCUT2D eigenvalue weighted by Gasteiger charge is -2.04. The lowest BCUT2D eigenvalue weighted by molar-refractivity contribution is -0.134. The first-order valence-corrected chi connectivity index (χ1v) is 7.38. The van der Waals surface area contributed by atoms with Crippen LogP contribution in [0.4, 0.5) is 0 Å². The number of unbranched alkanes of at least 4 members (excludes halogenated alkanes) is 7. The van der Waals surface area contributed by atoms with E-state index in [9.17, 15) is 4.79 Å². The van der Waals surface area contributed by atoms with Crippen molar-refractivity contribution in [2.24, 2.45) is 0 Å². The average Bonchev–Trinajstić information content (AvgIpc) is 2.43. The van der Waals surface area contributed by atoms with Gasteiger partial charge < -0.3 is 4.74 Å². The summed E-state index contributed by atoms with van der Waals surface area (Å²) in [5.41, 5.74) is 0. The summed E-state index contributed by atoms with van der Waals surface area (Å²) in [6.07, 6.45) is 9.94. The summed E-state index contributed by atoms with van der Waals surface area (Å²) in [4.78, 5) is 11.6. The Morgan fingerprint density at radius 3 is 2.11 bits per heavy atom. The standard InChI is InChI=1S/C17H25O2/c1-2-3-4-5-6-7-8-12-15-17(18)19-16-13-10-9-11-14-16/h9-11,13-14H,1-8,12,15H2. The van der Waals surface area contributed by atoms with Gasteiger partial charge in [0.1, 0.15) is 5.75 Å². The van der Waals surface area contributed by atoms with E-state index >= 15 is 0 Å². The average molecular weight is 261 g/mol. The van der Waals surface area contributed by atoms with E-state index in [1.807, 2.05) is 18.2 Å². The zero-order valence-electron chi connectivity index (χ0n) is 11.8. The Bertz CT molecular complexity index is 332. The molecule has 0 heterocycles. The number of esters is 1. The van der Waals surface area contributed by atoms with Crippen LogP contribution >= 0.6 is 0 Å². The van der Waals surface area contributed by atoms with Gasteiger partial charge in [0, 0.05) is 6.42 Å². The molecule has 1 aromatic rings. The molecule has 1 rings (SSSR count). The third-order valence-electron chi connectivity index (χ3n) is 3.11. The van der Waals surface area contributed by atoms with Gasteiger partial charge in [0.15, 0.2) is 0 Å². The highest BCUT2D eigenvalue weighted by molar-refractivity contribution is 5.72. The fourth-order valence-corrected chi connectivity index (χ4v) is 2.00. The number of rotatable bonds is 10. The van der Waals surface area contributed by atoms with E-state index in [-0.39, 0.29) is 5.97 Å². The predicted octanol–water partition coefficient (Wildman–Crippen LogP) is 4.94. The van der Waals surface area contributed by atoms with Crippen LogP contribution in [0.15, 0.2) is 30.3 Å². The summed E-state index contributed by atoms with van der Waals surface area (Å²) < 4.78 is 5.23. The molecule has 1 aromatic carbocycles. The Hall–Kier alpha value is -1.31. The Labute approximate surface area is 117 Å². The maximum Gasteiger partial charge on any atom is 0.311 e. The van der Waals surface area contributed by atoms with Gasteiger partial charge >= 0.3 is 5.97 Å². The van der Waals surface area contributed by atoms with E-state index in [4.69, 9.17) is 4.74 Å². The summed E-state index contributed by atoms with van der Waals surface area (Å²) in [6.45, 7) is 3.84. The zero-order chi connectivity index (χ0) is 13.8. The highest BCUT2D eigenvalue weighted by Crippen LogP contribution is 2.12.